The van der Waals surface area contributed by atoms with Gasteiger partial charge in [-0.2, -0.15) is 0 Å². The minimum absolute atomic E-state index is 0.0191. The first kappa shape index (κ1) is 11.3. The molecule has 0 radical (unpaired) electrons. The van der Waals surface area contributed by atoms with Crippen LogP contribution in [0, 0.1) is 0 Å². The van der Waals surface area contributed by atoms with Crippen LogP contribution < -0.4 is 10.1 Å². The van der Waals surface area contributed by atoms with Crippen LogP contribution in [0.15, 0.2) is 30.3 Å². The average molecular weight is 205 g/mol. The normalized spacial score (nSPS) is 10.3. The fraction of sp³-hybridized carbons (Fsp3) is 0.250. The Morgan fingerprint density at radius 3 is 2.60 bits per heavy atom. The van der Waals surface area contributed by atoms with Crippen LogP contribution in [0.25, 0.3) is 6.08 Å². The van der Waals surface area contributed by atoms with Crippen molar-refractivity contribution in [3.8, 4) is 5.75 Å². The highest BCUT2D eigenvalue weighted by molar-refractivity contribution is 5.73. The summed E-state index contributed by atoms with van der Waals surface area (Å²) in [6.07, 6.45) is 3.86. The van der Waals surface area contributed by atoms with E-state index in [1.807, 2.05) is 36.4 Å². The van der Waals surface area contributed by atoms with Crippen LogP contribution in [0.1, 0.15) is 12.5 Å². The minimum Gasteiger partial charge on any atom is -0.497 e. The number of carbonyl (C=O) groups excluding carboxylic acids is 1. The molecule has 1 rings (SSSR count). The van der Waals surface area contributed by atoms with Crippen LogP contribution in [-0.2, 0) is 4.79 Å². The minimum atomic E-state index is -0.0191. The van der Waals surface area contributed by atoms with Crippen LogP contribution in [0.3, 0.4) is 0 Å². The molecule has 0 saturated carbocycles. The molecule has 0 aromatic heterocycles. The average Bonchev–Trinajstić information content (AvgIpc) is 2.25. The third-order valence-corrected chi connectivity index (χ3v) is 1.89. The van der Waals surface area contributed by atoms with E-state index in [9.17, 15) is 4.79 Å². The van der Waals surface area contributed by atoms with Gasteiger partial charge in [0.25, 0.3) is 0 Å². The number of amides is 1. The first-order valence-corrected chi connectivity index (χ1v) is 4.77. The van der Waals surface area contributed by atoms with Crippen molar-refractivity contribution in [3.05, 3.63) is 35.9 Å². The molecule has 0 spiro atoms. The first-order valence-electron chi connectivity index (χ1n) is 4.77. The Morgan fingerprint density at radius 2 is 2.07 bits per heavy atom. The topological polar surface area (TPSA) is 38.3 Å². The van der Waals surface area contributed by atoms with E-state index in [2.05, 4.69) is 5.32 Å². The van der Waals surface area contributed by atoms with Gasteiger partial charge in [-0.05, 0) is 17.7 Å². The summed E-state index contributed by atoms with van der Waals surface area (Å²) in [5.41, 5.74) is 1.08. The first-order chi connectivity index (χ1) is 7.22. The maximum absolute atomic E-state index is 10.6. The lowest BCUT2D eigenvalue weighted by atomic mass is 10.2. The van der Waals surface area contributed by atoms with E-state index in [0.717, 1.165) is 11.3 Å². The number of hydrogen-bond donors (Lipinski definition) is 1. The molecule has 0 unspecified atom stereocenters. The van der Waals surface area contributed by atoms with Crippen molar-refractivity contribution < 1.29 is 9.53 Å². The van der Waals surface area contributed by atoms with Gasteiger partial charge in [0.1, 0.15) is 5.75 Å². The van der Waals surface area contributed by atoms with Crippen molar-refractivity contribution in [2.45, 2.75) is 6.92 Å². The molecule has 15 heavy (non-hydrogen) atoms. The smallest absolute Gasteiger partial charge is 0.217 e. The van der Waals surface area contributed by atoms with Gasteiger partial charge in [0.15, 0.2) is 0 Å². The predicted octanol–water partition coefficient (Wildman–Crippen LogP) is 1.84. The fourth-order valence-electron chi connectivity index (χ4n) is 1.11. The van der Waals surface area contributed by atoms with Gasteiger partial charge in [0, 0.05) is 13.5 Å². The van der Waals surface area contributed by atoms with Crippen molar-refractivity contribution in [2.24, 2.45) is 0 Å². The molecular formula is C12H15NO2. The van der Waals surface area contributed by atoms with Crippen LogP contribution >= 0.6 is 0 Å². The fourth-order valence-corrected chi connectivity index (χ4v) is 1.11. The Balaban J connectivity index is 2.46. The van der Waals surface area contributed by atoms with Gasteiger partial charge in [-0.1, -0.05) is 24.3 Å². The SMILES string of the molecule is COc1ccc(/C=C/CNC(C)=O)cc1. The molecule has 0 saturated heterocycles. The maximum atomic E-state index is 10.6. The molecule has 0 heterocycles. The summed E-state index contributed by atoms with van der Waals surface area (Å²) in [7, 11) is 1.64. The van der Waals surface area contributed by atoms with Crippen LogP contribution in [0.5, 0.6) is 5.75 Å². The molecule has 0 aliphatic carbocycles. The number of hydrogen-bond acceptors (Lipinski definition) is 2. The van der Waals surface area contributed by atoms with E-state index in [4.69, 9.17) is 4.74 Å². The van der Waals surface area contributed by atoms with Crippen LogP contribution in [0.2, 0.25) is 0 Å². The van der Waals surface area contributed by atoms with Gasteiger partial charge in [0.05, 0.1) is 7.11 Å². The van der Waals surface area contributed by atoms with E-state index in [0.29, 0.717) is 6.54 Å². The van der Waals surface area contributed by atoms with Crippen molar-refractivity contribution in [3.63, 3.8) is 0 Å². The lowest BCUT2D eigenvalue weighted by molar-refractivity contribution is -0.118. The van der Waals surface area contributed by atoms with Gasteiger partial charge in [-0.15, -0.1) is 0 Å². The standard InChI is InChI=1S/C12H15NO2/c1-10(14)13-9-3-4-11-5-7-12(15-2)8-6-11/h3-8H,9H2,1-2H3,(H,13,14)/b4-3+. The van der Waals surface area contributed by atoms with E-state index in [1.54, 1.807) is 7.11 Å². The Bertz CT molecular complexity index is 341. The highest BCUT2D eigenvalue weighted by Gasteiger charge is 1.90. The summed E-state index contributed by atoms with van der Waals surface area (Å²) in [6, 6.07) is 7.72. The molecule has 0 aliphatic rings. The molecule has 1 aromatic rings. The van der Waals surface area contributed by atoms with Gasteiger partial charge >= 0.3 is 0 Å². The Morgan fingerprint density at radius 1 is 1.40 bits per heavy atom. The highest BCUT2D eigenvalue weighted by atomic mass is 16.5. The number of ether oxygens (including phenoxy) is 1. The zero-order chi connectivity index (χ0) is 11.1. The van der Waals surface area contributed by atoms with E-state index in [-0.39, 0.29) is 5.91 Å². The van der Waals surface area contributed by atoms with Gasteiger partial charge in [-0.25, -0.2) is 0 Å². The number of benzene rings is 1. The molecule has 1 aromatic carbocycles. The second kappa shape index (κ2) is 5.86. The highest BCUT2D eigenvalue weighted by Crippen LogP contribution is 2.11. The summed E-state index contributed by atoms with van der Waals surface area (Å²) in [5, 5.41) is 2.69. The number of methoxy groups -OCH3 is 1. The van der Waals surface area contributed by atoms with E-state index in [1.165, 1.54) is 6.92 Å². The lowest BCUT2D eigenvalue weighted by Gasteiger charge is -1.99. The number of carbonyl (C=O) groups is 1. The zero-order valence-electron chi connectivity index (χ0n) is 8.99. The molecule has 3 heteroatoms. The van der Waals surface area contributed by atoms with E-state index < -0.39 is 0 Å². The molecule has 80 valence electrons. The van der Waals surface area contributed by atoms with Crippen molar-refractivity contribution in [1.29, 1.82) is 0 Å². The summed E-state index contributed by atoms with van der Waals surface area (Å²) < 4.78 is 5.05. The molecule has 0 atom stereocenters. The van der Waals surface area contributed by atoms with Crippen molar-refractivity contribution >= 4 is 12.0 Å². The van der Waals surface area contributed by atoms with Crippen LogP contribution in [0.4, 0.5) is 0 Å². The molecule has 0 bridgehead atoms. The molecule has 1 amide bonds. The molecule has 0 fully saturated rings. The van der Waals surface area contributed by atoms with Gasteiger partial charge in [-0.3, -0.25) is 4.79 Å². The van der Waals surface area contributed by atoms with Crippen molar-refractivity contribution in [1.82, 2.24) is 5.32 Å². The predicted molar refractivity (Wildman–Crippen MR) is 60.7 cm³/mol. The van der Waals surface area contributed by atoms with Gasteiger partial charge < -0.3 is 10.1 Å². The largest absolute Gasteiger partial charge is 0.497 e. The Kier molecular flexibility index (Phi) is 4.41. The summed E-state index contributed by atoms with van der Waals surface area (Å²) in [5.74, 6) is 0.823. The Labute approximate surface area is 89.8 Å². The second-order valence-electron chi connectivity index (χ2n) is 3.11. The third-order valence-electron chi connectivity index (χ3n) is 1.89. The summed E-state index contributed by atoms with van der Waals surface area (Å²) in [4.78, 5) is 10.6. The molecular weight excluding hydrogens is 190 g/mol. The Hall–Kier alpha value is -1.77. The number of nitrogens with one attached hydrogen (secondary N) is 1. The quantitative estimate of drug-likeness (QED) is 0.814. The zero-order valence-corrected chi connectivity index (χ0v) is 8.99. The van der Waals surface area contributed by atoms with Crippen molar-refractivity contribution in [2.75, 3.05) is 13.7 Å². The number of rotatable bonds is 4. The molecule has 3 nitrogen and oxygen atoms in total. The maximum Gasteiger partial charge on any atom is 0.217 e. The lowest BCUT2D eigenvalue weighted by Crippen LogP contribution is -2.19. The van der Waals surface area contributed by atoms with Crippen LogP contribution in [-0.4, -0.2) is 19.6 Å². The van der Waals surface area contributed by atoms with E-state index >= 15 is 0 Å². The molecule has 0 aliphatic heterocycles. The summed E-state index contributed by atoms with van der Waals surface area (Å²) >= 11 is 0. The summed E-state index contributed by atoms with van der Waals surface area (Å²) in [6.45, 7) is 2.06. The third kappa shape index (κ3) is 4.31. The second-order valence-corrected chi connectivity index (χ2v) is 3.11. The van der Waals surface area contributed by atoms with Gasteiger partial charge in [0.2, 0.25) is 5.91 Å². The molecule has 1 N–H and O–H groups in total. The monoisotopic (exact) mass is 205 g/mol.